The number of aliphatic carboxylic acids is 1. The van der Waals surface area contributed by atoms with Crippen molar-refractivity contribution in [3.8, 4) is 0 Å². The molecule has 0 aromatic carbocycles. The van der Waals surface area contributed by atoms with Crippen molar-refractivity contribution in [1.82, 2.24) is 0 Å². The first-order valence-corrected chi connectivity index (χ1v) is 9.96. The molecule has 0 spiro atoms. The minimum Gasteiger partial charge on any atom is -0.481 e. The van der Waals surface area contributed by atoms with Crippen molar-refractivity contribution in [2.24, 2.45) is 17.8 Å². The number of carboxylic acid groups (broad SMARTS) is 1. The van der Waals surface area contributed by atoms with E-state index in [0.29, 0.717) is 30.3 Å². The summed E-state index contributed by atoms with van der Waals surface area (Å²) in [4.78, 5) is 10.5. The number of ether oxygens (including phenoxy) is 1. The number of carboxylic acids is 1. The van der Waals surface area contributed by atoms with Crippen molar-refractivity contribution in [2.75, 3.05) is 6.61 Å². The van der Waals surface area contributed by atoms with Gasteiger partial charge in [0.2, 0.25) is 0 Å². The van der Waals surface area contributed by atoms with Gasteiger partial charge in [-0.1, -0.05) is 50.5 Å². The third-order valence-electron chi connectivity index (χ3n) is 5.57. The van der Waals surface area contributed by atoms with Crippen molar-refractivity contribution in [3.63, 3.8) is 0 Å². The van der Waals surface area contributed by atoms with E-state index in [-0.39, 0.29) is 12.5 Å². The summed E-state index contributed by atoms with van der Waals surface area (Å²) in [6.45, 7) is 3.03. The average molecular weight is 350 g/mol. The second kappa shape index (κ2) is 10.8. The molecule has 1 aliphatic carbocycles. The molecule has 0 aromatic rings. The van der Waals surface area contributed by atoms with E-state index in [1.165, 1.54) is 12.8 Å². The molecule has 1 heterocycles. The lowest BCUT2D eigenvalue weighted by atomic mass is 9.85. The van der Waals surface area contributed by atoms with Crippen LogP contribution in [-0.2, 0) is 9.53 Å². The predicted octanol–water partition coefficient (Wildman–Crippen LogP) is 4.34. The van der Waals surface area contributed by atoms with Crippen LogP contribution in [-0.4, -0.2) is 35.0 Å². The second-order valence-electron chi connectivity index (χ2n) is 7.55. The van der Waals surface area contributed by atoms with Crippen molar-refractivity contribution in [2.45, 2.75) is 76.9 Å². The summed E-state index contributed by atoms with van der Waals surface area (Å²) in [7, 11) is 0. The van der Waals surface area contributed by atoms with Gasteiger partial charge in [-0.2, -0.15) is 0 Å². The average Bonchev–Trinajstić information content (AvgIpc) is 3.17. The zero-order chi connectivity index (χ0) is 18.1. The van der Waals surface area contributed by atoms with Gasteiger partial charge in [0, 0.05) is 6.42 Å². The van der Waals surface area contributed by atoms with Crippen LogP contribution in [0.5, 0.6) is 0 Å². The van der Waals surface area contributed by atoms with E-state index < -0.39 is 5.97 Å². The van der Waals surface area contributed by atoms with Crippen LogP contribution < -0.4 is 0 Å². The molecule has 4 nitrogen and oxygen atoms in total. The number of allylic oxidation sites excluding steroid dienone is 3. The van der Waals surface area contributed by atoms with Gasteiger partial charge in [0.05, 0.1) is 18.8 Å². The van der Waals surface area contributed by atoms with Gasteiger partial charge in [-0.05, 0) is 49.9 Å². The summed E-state index contributed by atoms with van der Waals surface area (Å²) in [5.41, 5.74) is 0. The Morgan fingerprint density at radius 3 is 2.88 bits per heavy atom. The highest BCUT2D eigenvalue weighted by Gasteiger charge is 2.46. The van der Waals surface area contributed by atoms with Crippen LogP contribution in [0, 0.1) is 17.8 Å². The summed E-state index contributed by atoms with van der Waals surface area (Å²) in [6.07, 6.45) is 16.8. The van der Waals surface area contributed by atoms with E-state index >= 15 is 0 Å². The maximum absolute atomic E-state index is 10.5. The van der Waals surface area contributed by atoms with Gasteiger partial charge in [-0.15, -0.1) is 0 Å². The lowest BCUT2D eigenvalue weighted by Crippen LogP contribution is -2.27. The van der Waals surface area contributed by atoms with Crippen molar-refractivity contribution < 1.29 is 19.7 Å². The van der Waals surface area contributed by atoms with E-state index in [4.69, 9.17) is 9.84 Å². The van der Waals surface area contributed by atoms with E-state index in [2.05, 4.69) is 25.2 Å². The third kappa shape index (κ3) is 6.59. The highest BCUT2D eigenvalue weighted by molar-refractivity contribution is 5.66. The van der Waals surface area contributed by atoms with Gasteiger partial charge < -0.3 is 14.9 Å². The SMILES string of the molecule is CCCCC[C@H](O)C=C[C@H]1[C@@H]2CO[C@@H](C2)[C@@H]1C/C=C/CCCC(=O)O. The van der Waals surface area contributed by atoms with Gasteiger partial charge in [-0.3, -0.25) is 4.79 Å². The molecule has 1 saturated carbocycles. The number of carbonyl (C=O) groups is 1. The summed E-state index contributed by atoms with van der Waals surface area (Å²) < 4.78 is 5.88. The fourth-order valence-electron chi connectivity index (χ4n) is 4.15. The van der Waals surface area contributed by atoms with Crippen LogP contribution in [0.2, 0.25) is 0 Å². The molecule has 0 amide bonds. The molecule has 2 bridgehead atoms. The highest BCUT2D eigenvalue weighted by Crippen LogP contribution is 2.47. The quantitative estimate of drug-likeness (QED) is 0.406. The first kappa shape index (κ1) is 20.2. The van der Waals surface area contributed by atoms with E-state index in [1.54, 1.807) is 0 Å². The molecule has 2 fully saturated rings. The molecule has 2 aliphatic rings. The van der Waals surface area contributed by atoms with Crippen molar-refractivity contribution in [1.29, 1.82) is 0 Å². The zero-order valence-electron chi connectivity index (χ0n) is 15.5. The van der Waals surface area contributed by atoms with E-state index in [1.807, 2.05) is 6.08 Å². The molecule has 0 unspecified atom stereocenters. The molecule has 1 aliphatic heterocycles. The van der Waals surface area contributed by atoms with Gasteiger partial charge in [0.1, 0.15) is 0 Å². The van der Waals surface area contributed by atoms with Crippen LogP contribution in [0.4, 0.5) is 0 Å². The number of fused-ring (bicyclic) bond motifs is 2. The summed E-state index contributed by atoms with van der Waals surface area (Å²) in [5.74, 6) is 0.865. The maximum Gasteiger partial charge on any atom is 0.303 e. The minimum absolute atomic E-state index is 0.239. The van der Waals surface area contributed by atoms with Gasteiger partial charge in [-0.25, -0.2) is 0 Å². The first-order chi connectivity index (χ1) is 12.1. The lowest BCUT2D eigenvalue weighted by molar-refractivity contribution is -0.137. The Bertz CT molecular complexity index is 457. The van der Waals surface area contributed by atoms with Crippen LogP contribution in [0.15, 0.2) is 24.3 Å². The third-order valence-corrected chi connectivity index (χ3v) is 5.57. The Hall–Kier alpha value is -1.13. The summed E-state index contributed by atoms with van der Waals surface area (Å²) >= 11 is 0. The Morgan fingerprint density at radius 1 is 1.28 bits per heavy atom. The monoisotopic (exact) mass is 350 g/mol. The molecular formula is C21H34O4. The normalized spacial score (nSPS) is 29.8. The van der Waals surface area contributed by atoms with Crippen LogP contribution in [0.25, 0.3) is 0 Å². The largest absolute Gasteiger partial charge is 0.481 e. The van der Waals surface area contributed by atoms with Crippen molar-refractivity contribution >= 4 is 5.97 Å². The number of hydrogen-bond donors (Lipinski definition) is 2. The Morgan fingerprint density at radius 2 is 2.12 bits per heavy atom. The van der Waals surface area contributed by atoms with E-state index in [0.717, 1.165) is 38.7 Å². The Kier molecular flexibility index (Phi) is 8.70. The fourth-order valence-corrected chi connectivity index (χ4v) is 4.15. The number of rotatable bonds is 12. The molecule has 0 radical (unpaired) electrons. The molecular weight excluding hydrogens is 316 g/mol. The number of aliphatic hydroxyl groups is 1. The Balaban J connectivity index is 1.78. The number of aliphatic hydroxyl groups excluding tert-OH is 1. The Labute approximate surface area is 152 Å². The topological polar surface area (TPSA) is 66.8 Å². The fraction of sp³-hybridized carbons (Fsp3) is 0.762. The lowest BCUT2D eigenvalue weighted by Gasteiger charge is -2.28. The van der Waals surface area contributed by atoms with Gasteiger partial charge in [0.25, 0.3) is 0 Å². The highest BCUT2D eigenvalue weighted by atomic mass is 16.5. The molecule has 2 N–H and O–H groups in total. The summed E-state index contributed by atoms with van der Waals surface area (Å²) in [5, 5.41) is 18.8. The maximum atomic E-state index is 10.5. The van der Waals surface area contributed by atoms with Gasteiger partial charge >= 0.3 is 5.97 Å². The van der Waals surface area contributed by atoms with Gasteiger partial charge in [0.15, 0.2) is 0 Å². The molecule has 4 heteroatoms. The molecule has 0 aromatic heterocycles. The standard InChI is InChI=1S/C21H34O4/c1-2-3-6-9-17(22)12-13-18-16-14-20(25-15-16)19(18)10-7-4-5-8-11-21(23)24/h4,7,12-13,16-20,22H,2-3,5-6,8-11,14-15H2,1H3,(H,23,24)/b7-4+,13-12?/t16-,17-,18-,19+,20-/m0/s1. The molecule has 25 heavy (non-hydrogen) atoms. The number of hydrogen-bond acceptors (Lipinski definition) is 3. The van der Waals surface area contributed by atoms with E-state index in [9.17, 15) is 9.90 Å². The van der Waals surface area contributed by atoms with Crippen LogP contribution in [0.1, 0.15) is 64.7 Å². The van der Waals surface area contributed by atoms with Crippen LogP contribution in [0.3, 0.4) is 0 Å². The van der Waals surface area contributed by atoms with Crippen molar-refractivity contribution in [3.05, 3.63) is 24.3 Å². The smallest absolute Gasteiger partial charge is 0.303 e. The first-order valence-electron chi connectivity index (χ1n) is 9.96. The minimum atomic E-state index is -0.724. The molecule has 1 saturated heterocycles. The number of unbranched alkanes of at least 4 members (excludes halogenated alkanes) is 3. The predicted molar refractivity (Wildman–Crippen MR) is 99.4 cm³/mol. The second-order valence-corrected chi connectivity index (χ2v) is 7.55. The molecule has 2 rings (SSSR count). The summed E-state index contributed by atoms with van der Waals surface area (Å²) in [6, 6.07) is 0. The zero-order valence-corrected chi connectivity index (χ0v) is 15.5. The molecule has 142 valence electrons. The molecule has 5 atom stereocenters. The van der Waals surface area contributed by atoms with Crippen LogP contribution >= 0.6 is 0 Å².